The molecule has 614 valence electrons. The molecule has 13 N–H and O–H groups in total. The van der Waals surface area contributed by atoms with Gasteiger partial charge in [-0.05, 0) is 95.8 Å². The Kier molecular flexibility index (Phi) is 48.0. The molecule has 3 saturated heterocycles. The summed E-state index contributed by atoms with van der Waals surface area (Å²) in [6.07, 6.45) is -0.269. The van der Waals surface area contributed by atoms with Crippen molar-refractivity contribution in [3.63, 3.8) is 0 Å². The molecular formula is C74H131N5O27. The number of rotatable bonds is 59. The lowest BCUT2D eigenvalue weighted by molar-refractivity contribution is -0.311. The van der Waals surface area contributed by atoms with E-state index in [1.54, 1.807) is 20.8 Å². The second kappa shape index (κ2) is 53.2. The van der Waals surface area contributed by atoms with Gasteiger partial charge in [-0.15, -0.1) is 0 Å². The first kappa shape index (κ1) is 95.5. The van der Waals surface area contributed by atoms with Gasteiger partial charge in [-0.25, -0.2) is 4.79 Å². The van der Waals surface area contributed by atoms with Crippen LogP contribution in [0.15, 0.2) is 5.16 Å². The Morgan fingerprint density at radius 3 is 1.29 bits per heavy atom. The van der Waals surface area contributed by atoms with E-state index in [0.717, 1.165) is 6.42 Å². The Balaban J connectivity index is 1.54. The van der Waals surface area contributed by atoms with E-state index in [1.165, 1.54) is 13.1 Å². The molecule has 106 heavy (non-hydrogen) atoms. The van der Waals surface area contributed by atoms with Crippen molar-refractivity contribution >= 4 is 53.2 Å². The topological polar surface area (TPSA) is 471 Å². The highest BCUT2D eigenvalue weighted by Crippen LogP contribution is 2.34. The molecule has 3 aliphatic heterocycles. The van der Waals surface area contributed by atoms with Crippen molar-refractivity contribution in [2.75, 3.05) is 98.9 Å². The van der Waals surface area contributed by atoms with Gasteiger partial charge in [0.25, 0.3) is 0 Å². The minimum Gasteiger partial charge on any atom is -0.394 e. The van der Waals surface area contributed by atoms with Gasteiger partial charge in [-0.3, -0.25) is 38.4 Å². The molecule has 3 heterocycles. The van der Waals surface area contributed by atoms with E-state index in [1.807, 2.05) is 0 Å². The molecule has 0 saturated carbocycles. The molecular weight excluding hydrogens is 1390 g/mol. The zero-order chi connectivity index (χ0) is 78.5. The minimum atomic E-state index is -1.64. The molecule has 4 amide bonds. The molecule has 0 aromatic rings. The summed E-state index contributed by atoms with van der Waals surface area (Å²) in [5.74, 6) is -2.74. The Hall–Kier alpha value is -4.69. The SMILES string of the molecule is C[C@@H]1C(O)[C@H](O)C(CO)O[C@@H]1OCCCCC(=O)CCCCCC(=O)CCOCC(COCCC(=O)CCCCCC(=O)CCCCO[C@H]1OC(CO)[C@@H](O)C(O)[C@H]1C)(COCCC(=O)NCCCNC(=O)CCCCO[C@H]1OC(CO)[C@@](C)(O)C(O)[C@H]1C)NC(=O)CCNC(=O)ON=CCCC(C)(C)C. The van der Waals surface area contributed by atoms with Gasteiger partial charge in [0.2, 0.25) is 17.7 Å². The normalized spacial score (nSPS) is 26.1. The lowest BCUT2D eigenvalue weighted by Crippen LogP contribution is -2.62. The Morgan fingerprint density at radius 2 is 0.858 bits per heavy atom. The number of carbonyl (C=O) groups is 8. The van der Waals surface area contributed by atoms with E-state index in [9.17, 15) is 84.3 Å². The third kappa shape index (κ3) is 38.8. The summed E-state index contributed by atoms with van der Waals surface area (Å²) >= 11 is 0. The second-order valence-electron chi connectivity index (χ2n) is 29.8. The van der Waals surface area contributed by atoms with Gasteiger partial charge in [0.1, 0.15) is 64.8 Å². The number of aliphatic hydroxyl groups excluding tert-OH is 8. The van der Waals surface area contributed by atoms with Crippen LogP contribution in [-0.2, 0) is 81.0 Å². The molecule has 0 spiro atoms. The molecule has 3 rings (SSSR count). The minimum absolute atomic E-state index is 0.0212. The summed E-state index contributed by atoms with van der Waals surface area (Å²) in [6, 6.07) is 0. The smallest absolute Gasteiger partial charge is 0.394 e. The van der Waals surface area contributed by atoms with Crippen LogP contribution in [0, 0.1) is 23.2 Å². The molecule has 32 nitrogen and oxygen atoms in total. The maximum absolute atomic E-state index is 13.8. The number of ether oxygens (including phenoxy) is 9. The van der Waals surface area contributed by atoms with Crippen molar-refractivity contribution in [3.05, 3.63) is 0 Å². The van der Waals surface area contributed by atoms with Crippen LogP contribution in [0.5, 0.6) is 0 Å². The number of nitrogens with zero attached hydrogens (tertiary/aromatic N) is 1. The standard InChI is InChI=1S/C74H131N5O27/c1-50-63(90)65(92)57(44-80)103-68(50)100-38-17-14-26-53(83)22-10-8-12-24-55(85)30-41-97-47-74(79-62(89)29-37-77-71(95)106-78-36-20-33-72(4,5)6,48-98-42-31-56(86)25-13-9-11-23-54(84)27-15-18-39-101-69-51(2)64(91)66(93)58(45-81)104-69)49-99-43-32-61(88)76-35-21-34-75-60(87)28-16-19-40-102-70-52(3)67(94)73(7,96)59(46-82)105-70/h36,50-52,57-59,63-70,80-82,90-94,96H,8-35,37-49H2,1-7H3,(H,75,87)(H,76,88)(H,77,95)(H,79,89)/t50-,51-,52-,57?,58?,59?,63?,64?,65-,66-,67?,68+,69+,70+,73-,74?/m1/s1. The molecule has 0 radical (unpaired) electrons. The van der Waals surface area contributed by atoms with Crippen LogP contribution in [-0.4, -0.2) is 277 Å². The van der Waals surface area contributed by atoms with Gasteiger partial charge < -0.3 is 110 Å². The van der Waals surface area contributed by atoms with E-state index >= 15 is 0 Å². The summed E-state index contributed by atoms with van der Waals surface area (Å²) in [5.41, 5.74) is -3.05. The summed E-state index contributed by atoms with van der Waals surface area (Å²) in [5, 5.41) is 105. The number of oxime groups is 1. The molecule has 3 aliphatic rings. The maximum atomic E-state index is 13.8. The average Bonchev–Trinajstić information content (AvgIpc) is 0.785. The van der Waals surface area contributed by atoms with E-state index in [0.29, 0.717) is 116 Å². The number of hydrogen-bond acceptors (Lipinski definition) is 28. The molecule has 32 heteroatoms. The fourth-order valence-corrected chi connectivity index (χ4v) is 12.1. The zero-order valence-electron chi connectivity index (χ0n) is 64.0. The average molecular weight is 1520 g/mol. The van der Waals surface area contributed by atoms with Crippen LogP contribution >= 0.6 is 0 Å². The highest BCUT2D eigenvalue weighted by Gasteiger charge is 2.51. The number of amides is 4. The highest BCUT2D eigenvalue weighted by molar-refractivity contribution is 5.80. The molecule has 15 atom stereocenters. The first-order valence-electron chi connectivity index (χ1n) is 38.4. The fraction of sp³-hybridized carbons (Fsp3) is 0.878. The van der Waals surface area contributed by atoms with E-state index in [2.05, 4.69) is 47.2 Å². The summed E-state index contributed by atoms with van der Waals surface area (Å²) in [7, 11) is 0. The van der Waals surface area contributed by atoms with Crippen molar-refractivity contribution in [1.29, 1.82) is 0 Å². The van der Waals surface area contributed by atoms with Crippen molar-refractivity contribution in [1.82, 2.24) is 21.3 Å². The number of unbranched alkanes of at least 4 members (excludes halogenated alkanes) is 7. The second-order valence-corrected chi connectivity index (χ2v) is 29.8. The van der Waals surface area contributed by atoms with Gasteiger partial charge in [0, 0.05) is 134 Å². The molecule has 3 fully saturated rings. The Bertz CT molecular complexity index is 2450. The zero-order valence-corrected chi connectivity index (χ0v) is 64.0. The lowest BCUT2D eigenvalue weighted by atomic mass is 9.82. The monoisotopic (exact) mass is 1520 g/mol. The number of carbonyl (C=O) groups excluding carboxylic acids is 8. The van der Waals surface area contributed by atoms with Gasteiger partial charge in [0.05, 0.1) is 77.8 Å². The number of nitrogens with one attached hydrogen (secondary N) is 4. The lowest BCUT2D eigenvalue weighted by Gasteiger charge is -2.46. The van der Waals surface area contributed by atoms with Gasteiger partial charge in [-0.2, -0.15) is 0 Å². The van der Waals surface area contributed by atoms with Gasteiger partial charge in [0.15, 0.2) is 18.9 Å². The summed E-state index contributed by atoms with van der Waals surface area (Å²) in [6.45, 7) is 11.3. The third-order valence-corrected chi connectivity index (χ3v) is 19.1. The Labute approximate surface area is 625 Å². The van der Waals surface area contributed by atoms with Crippen molar-refractivity contribution < 1.29 is 132 Å². The van der Waals surface area contributed by atoms with Crippen LogP contribution in [0.4, 0.5) is 4.79 Å². The van der Waals surface area contributed by atoms with E-state index < -0.39 is 128 Å². The van der Waals surface area contributed by atoms with Crippen LogP contribution < -0.4 is 21.3 Å². The number of Topliss-reactive ketones (excluding diaryl/α,β-unsaturated/α-hetero) is 4. The number of ketones is 4. The summed E-state index contributed by atoms with van der Waals surface area (Å²) in [4.78, 5) is 108. The first-order valence-corrected chi connectivity index (χ1v) is 38.4. The van der Waals surface area contributed by atoms with Crippen LogP contribution in [0.3, 0.4) is 0 Å². The van der Waals surface area contributed by atoms with Crippen molar-refractivity contribution in [3.8, 4) is 0 Å². The maximum Gasteiger partial charge on any atom is 0.433 e. The van der Waals surface area contributed by atoms with Gasteiger partial charge >= 0.3 is 6.09 Å². The van der Waals surface area contributed by atoms with Gasteiger partial charge in [-0.1, -0.05) is 59.5 Å². The largest absolute Gasteiger partial charge is 0.433 e. The van der Waals surface area contributed by atoms with Crippen LogP contribution in [0.25, 0.3) is 0 Å². The predicted octanol–water partition coefficient (Wildman–Crippen LogP) is 2.97. The van der Waals surface area contributed by atoms with Crippen LogP contribution in [0.2, 0.25) is 0 Å². The fourth-order valence-electron chi connectivity index (χ4n) is 12.1. The first-order chi connectivity index (χ1) is 50.5. The molecule has 0 aromatic carbocycles. The molecule has 0 aromatic heterocycles. The molecule has 6 unspecified atom stereocenters. The van der Waals surface area contributed by atoms with E-state index in [-0.39, 0.29) is 164 Å². The third-order valence-electron chi connectivity index (χ3n) is 19.1. The van der Waals surface area contributed by atoms with Crippen molar-refractivity contribution in [2.45, 2.75) is 294 Å². The quantitative estimate of drug-likeness (QED) is 0.0180. The van der Waals surface area contributed by atoms with Crippen molar-refractivity contribution in [2.24, 2.45) is 28.3 Å². The van der Waals surface area contributed by atoms with E-state index in [4.69, 9.17) is 47.5 Å². The number of aliphatic hydroxyl groups is 9. The predicted molar refractivity (Wildman–Crippen MR) is 385 cm³/mol. The molecule has 0 aliphatic carbocycles. The summed E-state index contributed by atoms with van der Waals surface area (Å²) < 4.78 is 52.4. The highest BCUT2D eigenvalue weighted by atomic mass is 16.7. The van der Waals surface area contributed by atoms with Crippen LogP contribution in [0.1, 0.15) is 215 Å². The number of hydrogen-bond donors (Lipinski definition) is 13. The molecule has 0 bridgehead atoms. The Morgan fingerprint density at radius 1 is 0.453 bits per heavy atom.